The molecule has 146 valence electrons. The van der Waals surface area contributed by atoms with Gasteiger partial charge in [-0.05, 0) is 44.9 Å². The number of thioether (sulfide) groups is 1. The molecule has 0 fully saturated rings. The van der Waals surface area contributed by atoms with Crippen molar-refractivity contribution in [2.24, 2.45) is 0 Å². The van der Waals surface area contributed by atoms with E-state index < -0.39 is 0 Å². The molecule has 0 amide bonds. The van der Waals surface area contributed by atoms with Crippen LogP contribution in [-0.4, -0.2) is 14.8 Å². The highest BCUT2D eigenvalue weighted by atomic mass is 32.2. The number of nitrogens with zero attached hydrogens (tertiary/aromatic N) is 3. The lowest BCUT2D eigenvalue weighted by Crippen LogP contribution is -2.12. The van der Waals surface area contributed by atoms with E-state index in [0.29, 0.717) is 6.54 Å². The molecule has 1 unspecified atom stereocenters. The van der Waals surface area contributed by atoms with Gasteiger partial charge in [-0.2, -0.15) is 0 Å². The molecule has 0 bridgehead atoms. The van der Waals surface area contributed by atoms with Gasteiger partial charge >= 0.3 is 0 Å². The van der Waals surface area contributed by atoms with Gasteiger partial charge in [0.2, 0.25) is 0 Å². The molecule has 0 saturated heterocycles. The van der Waals surface area contributed by atoms with Crippen molar-refractivity contribution in [3.05, 3.63) is 83.2 Å². The monoisotopic (exact) mass is 393 g/mol. The lowest BCUT2D eigenvalue weighted by atomic mass is 10.1. The average molecular weight is 394 g/mol. The Balaban J connectivity index is 1.78. The van der Waals surface area contributed by atoms with Crippen LogP contribution in [0.25, 0.3) is 0 Å². The van der Waals surface area contributed by atoms with Crippen molar-refractivity contribution in [2.75, 3.05) is 0 Å². The van der Waals surface area contributed by atoms with Crippen molar-refractivity contribution in [3.8, 4) is 5.75 Å². The van der Waals surface area contributed by atoms with Crippen molar-refractivity contribution in [1.29, 1.82) is 0 Å². The number of hydrogen-bond acceptors (Lipinski definition) is 4. The van der Waals surface area contributed by atoms with Gasteiger partial charge in [-0.1, -0.05) is 65.4 Å². The van der Waals surface area contributed by atoms with E-state index in [1.165, 1.54) is 16.7 Å². The summed E-state index contributed by atoms with van der Waals surface area (Å²) in [4.78, 5) is 0. The van der Waals surface area contributed by atoms with Crippen molar-refractivity contribution in [3.63, 3.8) is 0 Å². The molecule has 0 aliphatic heterocycles. The van der Waals surface area contributed by atoms with Gasteiger partial charge in [-0.25, -0.2) is 0 Å². The van der Waals surface area contributed by atoms with Gasteiger partial charge in [0.1, 0.15) is 5.75 Å². The molecule has 4 nitrogen and oxygen atoms in total. The standard InChI is InChI=1S/C23H27N3OS/c1-6-12-26-22(19(5)27-21-11-10-17(3)13-18(21)4)24-25-23(26)28-15-20-9-7-8-16(2)14-20/h6-11,13-14,19H,1,12,15H2,2-5H3. The number of allylic oxidation sites excluding steroid dienone is 1. The second kappa shape index (κ2) is 9.11. The third-order valence-corrected chi connectivity index (χ3v) is 5.54. The minimum Gasteiger partial charge on any atom is -0.482 e. The lowest BCUT2D eigenvalue weighted by Gasteiger charge is -2.17. The van der Waals surface area contributed by atoms with Crippen LogP contribution >= 0.6 is 11.8 Å². The van der Waals surface area contributed by atoms with E-state index >= 15 is 0 Å². The molecule has 0 radical (unpaired) electrons. The smallest absolute Gasteiger partial charge is 0.191 e. The molecule has 0 spiro atoms. The average Bonchev–Trinajstić information content (AvgIpc) is 3.05. The summed E-state index contributed by atoms with van der Waals surface area (Å²) in [6.45, 7) is 12.8. The number of hydrogen-bond donors (Lipinski definition) is 0. The van der Waals surface area contributed by atoms with Gasteiger partial charge < -0.3 is 4.74 Å². The van der Waals surface area contributed by atoms with E-state index in [2.05, 4.69) is 78.5 Å². The van der Waals surface area contributed by atoms with E-state index in [1.807, 2.05) is 19.1 Å². The first-order valence-corrected chi connectivity index (χ1v) is 10.4. The van der Waals surface area contributed by atoms with E-state index in [4.69, 9.17) is 4.74 Å². The summed E-state index contributed by atoms with van der Waals surface area (Å²) in [5, 5.41) is 9.73. The van der Waals surface area contributed by atoms with Gasteiger partial charge in [0.15, 0.2) is 17.1 Å². The Morgan fingerprint density at radius 2 is 1.89 bits per heavy atom. The first kappa shape index (κ1) is 20.2. The molecule has 0 N–H and O–H groups in total. The summed E-state index contributed by atoms with van der Waals surface area (Å²) in [5.74, 6) is 2.54. The molecule has 0 aliphatic rings. The minimum absolute atomic E-state index is 0.206. The molecular formula is C23H27N3OS. The second-order valence-corrected chi connectivity index (χ2v) is 7.99. The van der Waals surface area contributed by atoms with E-state index in [-0.39, 0.29) is 6.10 Å². The molecule has 1 heterocycles. The predicted octanol–water partition coefficient (Wildman–Crippen LogP) is 5.82. The van der Waals surface area contributed by atoms with E-state index in [9.17, 15) is 0 Å². The Hall–Kier alpha value is -2.53. The summed E-state index contributed by atoms with van der Waals surface area (Å²) in [7, 11) is 0. The summed E-state index contributed by atoms with van der Waals surface area (Å²) >= 11 is 1.68. The molecule has 0 saturated carbocycles. The van der Waals surface area contributed by atoms with Crippen LogP contribution in [0.4, 0.5) is 0 Å². The molecule has 0 aliphatic carbocycles. The van der Waals surface area contributed by atoms with Crippen molar-refractivity contribution in [1.82, 2.24) is 14.8 Å². The molecule has 3 aromatic rings. The number of rotatable bonds is 8. The molecule has 2 aromatic carbocycles. The van der Waals surface area contributed by atoms with Crippen molar-refractivity contribution < 1.29 is 4.74 Å². The van der Waals surface area contributed by atoms with Gasteiger partial charge in [0.05, 0.1) is 0 Å². The Morgan fingerprint density at radius 1 is 1.11 bits per heavy atom. The molecule has 5 heteroatoms. The number of benzene rings is 2. The highest BCUT2D eigenvalue weighted by Gasteiger charge is 2.19. The van der Waals surface area contributed by atoms with Crippen LogP contribution in [0.15, 0.2) is 60.3 Å². The molecule has 28 heavy (non-hydrogen) atoms. The zero-order valence-electron chi connectivity index (χ0n) is 17.0. The van der Waals surface area contributed by atoms with Crippen LogP contribution in [0.2, 0.25) is 0 Å². The van der Waals surface area contributed by atoms with Crippen LogP contribution in [0, 0.1) is 20.8 Å². The molecule has 1 atom stereocenters. The summed E-state index contributed by atoms with van der Waals surface area (Å²) in [6, 6.07) is 14.7. The van der Waals surface area contributed by atoms with Gasteiger partial charge in [-0.3, -0.25) is 4.57 Å². The fraction of sp³-hybridized carbons (Fsp3) is 0.304. The van der Waals surface area contributed by atoms with Gasteiger partial charge in [0.25, 0.3) is 0 Å². The van der Waals surface area contributed by atoms with Crippen LogP contribution in [-0.2, 0) is 12.3 Å². The first-order valence-electron chi connectivity index (χ1n) is 9.44. The Morgan fingerprint density at radius 3 is 2.61 bits per heavy atom. The Labute approximate surface area is 171 Å². The quantitative estimate of drug-likeness (QED) is 0.357. The van der Waals surface area contributed by atoms with Crippen LogP contribution in [0.3, 0.4) is 0 Å². The topological polar surface area (TPSA) is 39.9 Å². The highest BCUT2D eigenvalue weighted by molar-refractivity contribution is 7.98. The summed E-state index contributed by atoms with van der Waals surface area (Å²) in [6.07, 6.45) is 1.66. The largest absolute Gasteiger partial charge is 0.482 e. The summed E-state index contributed by atoms with van der Waals surface area (Å²) < 4.78 is 8.28. The molecule has 1 aromatic heterocycles. The second-order valence-electron chi connectivity index (χ2n) is 7.05. The van der Waals surface area contributed by atoms with Crippen molar-refractivity contribution in [2.45, 2.75) is 51.3 Å². The van der Waals surface area contributed by atoms with Crippen LogP contribution < -0.4 is 4.74 Å². The highest BCUT2D eigenvalue weighted by Crippen LogP contribution is 2.28. The fourth-order valence-electron chi connectivity index (χ4n) is 3.13. The Bertz CT molecular complexity index is 964. The first-order chi connectivity index (χ1) is 13.5. The number of aromatic nitrogens is 3. The van der Waals surface area contributed by atoms with Gasteiger partial charge in [0, 0.05) is 12.3 Å². The maximum Gasteiger partial charge on any atom is 0.191 e. The predicted molar refractivity (Wildman–Crippen MR) is 116 cm³/mol. The zero-order chi connectivity index (χ0) is 20.1. The number of aryl methyl sites for hydroxylation is 3. The lowest BCUT2D eigenvalue weighted by molar-refractivity contribution is 0.209. The normalized spacial score (nSPS) is 12.0. The summed E-state index contributed by atoms with van der Waals surface area (Å²) in [5.41, 5.74) is 4.89. The van der Waals surface area contributed by atoms with E-state index in [1.54, 1.807) is 11.8 Å². The van der Waals surface area contributed by atoms with Gasteiger partial charge in [-0.15, -0.1) is 16.8 Å². The third kappa shape index (κ3) is 4.84. The molecule has 3 rings (SSSR count). The number of ether oxygens (including phenoxy) is 1. The maximum absolute atomic E-state index is 6.20. The SMILES string of the molecule is C=CCn1c(SCc2cccc(C)c2)nnc1C(C)Oc1ccc(C)cc1C. The van der Waals surface area contributed by atoms with Crippen LogP contribution in [0.5, 0.6) is 5.75 Å². The minimum atomic E-state index is -0.206. The maximum atomic E-state index is 6.20. The zero-order valence-corrected chi connectivity index (χ0v) is 17.8. The van der Waals surface area contributed by atoms with Crippen molar-refractivity contribution >= 4 is 11.8 Å². The fourth-order valence-corrected chi connectivity index (χ4v) is 4.03. The molecular weight excluding hydrogens is 366 g/mol. The third-order valence-electron chi connectivity index (χ3n) is 4.51. The van der Waals surface area contributed by atoms with E-state index in [0.717, 1.165) is 28.0 Å². The van der Waals surface area contributed by atoms with Crippen LogP contribution in [0.1, 0.15) is 41.1 Å². The Kier molecular flexibility index (Phi) is 6.57.